The standard InChI is InChI=1S/C10H12INO4S/c1-7-6-8(17-16-15-14)2-3-9(7)10(13)12-5-4-11/h2-3,6,14H,4-5H2,1H3,(H,12,13). The van der Waals surface area contributed by atoms with E-state index in [2.05, 4.69) is 37.3 Å². The fraction of sp³-hybridized carbons (Fsp3) is 0.300. The van der Waals surface area contributed by atoms with Gasteiger partial charge in [0.1, 0.15) is 0 Å². The first-order valence-electron chi connectivity index (χ1n) is 4.78. The molecule has 1 rings (SSSR count). The average Bonchev–Trinajstić information content (AvgIpc) is 2.33. The van der Waals surface area contributed by atoms with Gasteiger partial charge in [-0.15, -0.1) is 4.33 Å². The minimum absolute atomic E-state index is 0.0879. The number of alkyl halides is 1. The third kappa shape index (κ3) is 4.80. The second-order valence-corrected chi connectivity index (χ2v) is 5.00. The number of carbonyl (C=O) groups excluding carboxylic acids is 1. The molecular weight excluding hydrogens is 357 g/mol. The van der Waals surface area contributed by atoms with Crippen molar-refractivity contribution in [2.45, 2.75) is 11.8 Å². The largest absolute Gasteiger partial charge is 0.351 e. The molecule has 7 heteroatoms. The Bertz CT molecular complexity index is 389. The van der Waals surface area contributed by atoms with Gasteiger partial charge >= 0.3 is 0 Å². The number of carbonyl (C=O) groups is 1. The maximum absolute atomic E-state index is 11.7. The van der Waals surface area contributed by atoms with Crippen LogP contribution in [-0.4, -0.2) is 22.1 Å². The minimum atomic E-state index is -0.0879. The lowest BCUT2D eigenvalue weighted by Crippen LogP contribution is -2.25. The van der Waals surface area contributed by atoms with Gasteiger partial charge < -0.3 is 5.32 Å². The van der Waals surface area contributed by atoms with E-state index in [0.717, 1.165) is 26.9 Å². The number of nitrogens with one attached hydrogen (secondary N) is 1. The van der Waals surface area contributed by atoms with Crippen LogP contribution >= 0.6 is 34.6 Å². The highest BCUT2D eigenvalue weighted by molar-refractivity contribution is 14.1. The molecule has 0 spiro atoms. The van der Waals surface area contributed by atoms with Crippen molar-refractivity contribution in [3.8, 4) is 0 Å². The summed E-state index contributed by atoms with van der Waals surface area (Å²) in [6, 6.07) is 5.21. The van der Waals surface area contributed by atoms with Crippen LogP contribution in [-0.2, 0) is 9.37 Å². The van der Waals surface area contributed by atoms with Crippen LogP contribution in [0.2, 0.25) is 0 Å². The zero-order chi connectivity index (χ0) is 12.7. The van der Waals surface area contributed by atoms with Gasteiger partial charge in [0.05, 0.1) is 12.0 Å². The molecule has 0 heterocycles. The van der Waals surface area contributed by atoms with E-state index in [1.165, 1.54) is 0 Å². The van der Waals surface area contributed by atoms with Gasteiger partial charge in [0.25, 0.3) is 5.91 Å². The molecule has 0 atom stereocenters. The monoisotopic (exact) mass is 369 g/mol. The predicted octanol–water partition coefficient (Wildman–Crippen LogP) is 2.59. The lowest BCUT2D eigenvalue weighted by atomic mass is 10.1. The fourth-order valence-corrected chi connectivity index (χ4v) is 1.98. The summed E-state index contributed by atoms with van der Waals surface area (Å²) >= 11 is 3.06. The topological polar surface area (TPSA) is 67.8 Å². The van der Waals surface area contributed by atoms with Gasteiger partial charge in [-0.3, -0.25) is 4.79 Å². The van der Waals surface area contributed by atoms with Crippen molar-refractivity contribution < 1.29 is 19.4 Å². The van der Waals surface area contributed by atoms with Crippen molar-refractivity contribution in [3.63, 3.8) is 0 Å². The summed E-state index contributed by atoms with van der Waals surface area (Å²) in [6.07, 6.45) is 0. The zero-order valence-electron chi connectivity index (χ0n) is 9.10. The predicted molar refractivity (Wildman–Crippen MR) is 73.1 cm³/mol. The Labute approximate surface area is 117 Å². The average molecular weight is 369 g/mol. The van der Waals surface area contributed by atoms with Crippen LogP contribution in [0.4, 0.5) is 0 Å². The number of rotatable bonds is 6. The third-order valence-electron chi connectivity index (χ3n) is 1.98. The van der Waals surface area contributed by atoms with Crippen molar-refractivity contribution in [2.75, 3.05) is 11.0 Å². The van der Waals surface area contributed by atoms with Crippen LogP contribution < -0.4 is 5.32 Å². The van der Waals surface area contributed by atoms with Crippen LogP contribution in [0.15, 0.2) is 23.1 Å². The summed E-state index contributed by atoms with van der Waals surface area (Å²) in [6.45, 7) is 2.49. The van der Waals surface area contributed by atoms with Crippen LogP contribution in [0.5, 0.6) is 0 Å². The molecule has 0 aliphatic carbocycles. The number of hydrogen-bond acceptors (Lipinski definition) is 5. The molecule has 17 heavy (non-hydrogen) atoms. The van der Waals surface area contributed by atoms with E-state index in [1.54, 1.807) is 18.2 Å². The van der Waals surface area contributed by atoms with Crippen molar-refractivity contribution in [2.24, 2.45) is 0 Å². The van der Waals surface area contributed by atoms with E-state index >= 15 is 0 Å². The first-order valence-corrected chi connectivity index (χ1v) is 7.05. The third-order valence-corrected chi connectivity index (χ3v) is 3.10. The second kappa shape index (κ2) is 7.88. The summed E-state index contributed by atoms with van der Waals surface area (Å²) in [7, 11) is 0. The molecular formula is C10H12INO4S. The molecule has 1 aromatic carbocycles. The number of halogens is 1. The second-order valence-electron chi connectivity index (χ2n) is 3.15. The molecule has 94 valence electrons. The van der Waals surface area contributed by atoms with Crippen LogP contribution in [0.1, 0.15) is 15.9 Å². The summed E-state index contributed by atoms with van der Waals surface area (Å²) in [5.41, 5.74) is 1.46. The maximum atomic E-state index is 11.7. The Hall–Kier alpha value is -0.350. The lowest BCUT2D eigenvalue weighted by Gasteiger charge is -2.07. The van der Waals surface area contributed by atoms with E-state index < -0.39 is 0 Å². The number of amides is 1. The Balaban J connectivity index is 2.71. The summed E-state index contributed by atoms with van der Waals surface area (Å²) < 4.78 is 5.18. The minimum Gasteiger partial charge on any atom is -0.351 e. The molecule has 0 bridgehead atoms. The Morgan fingerprint density at radius 2 is 2.35 bits per heavy atom. The van der Waals surface area contributed by atoms with Gasteiger partial charge in [0, 0.05) is 21.4 Å². The summed E-state index contributed by atoms with van der Waals surface area (Å²) in [5, 5.41) is 14.3. The first kappa shape index (κ1) is 14.7. The van der Waals surface area contributed by atoms with Gasteiger partial charge in [-0.25, -0.2) is 5.26 Å². The molecule has 0 saturated carbocycles. The van der Waals surface area contributed by atoms with Gasteiger partial charge in [-0.1, -0.05) is 27.6 Å². The summed E-state index contributed by atoms with van der Waals surface area (Å²) in [5.74, 6) is -0.0879. The number of aryl methyl sites for hydroxylation is 1. The Morgan fingerprint density at radius 3 is 2.94 bits per heavy atom. The molecule has 0 unspecified atom stereocenters. The highest BCUT2D eigenvalue weighted by Gasteiger charge is 2.09. The van der Waals surface area contributed by atoms with Gasteiger partial charge in [0.2, 0.25) is 0 Å². The molecule has 0 aliphatic heterocycles. The van der Waals surface area contributed by atoms with Crippen LogP contribution in [0.3, 0.4) is 0 Å². The van der Waals surface area contributed by atoms with E-state index in [0.29, 0.717) is 12.1 Å². The zero-order valence-corrected chi connectivity index (χ0v) is 12.1. The molecule has 0 radical (unpaired) electrons. The van der Waals surface area contributed by atoms with Crippen LogP contribution in [0.25, 0.3) is 0 Å². The normalized spacial score (nSPS) is 10.3. The smallest absolute Gasteiger partial charge is 0.251 e. The molecule has 0 aromatic heterocycles. The molecule has 1 aromatic rings. The maximum Gasteiger partial charge on any atom is 0.251 e. The molecule has 2 N–H and O–H groups in total. The number of benzene rings is 1. The van der Waals surface area contributed by atoms with Crippen molar-refractivity contribution in [1.29, 1.82) is 0 Å². The van der Waals surface area contributed by atoms with Crippen molar-refractivity contribution >= 4 is 40.5 Å². The van der Waals surface area contributed by atoms with Gasteiger partial charge in [0.15, 0.2) is 0 Å². The molecule has 0 saturated heterocycles. The van der Waals surface area contributed by atoms with E-state index in [9.17, 15) is 4.79 Å². The fourth-order valence-electron chi connectivity index (χ4n) is 1.25. The SMILES string of the molecule is Cc1cc(SOOO)ccc1C(=O)NCCI. The van der Waals surface area contributed by atoms with Gasteiger partial charge in [-0.2, -0.15) is 0 Å². The summed E-state index contributed by atoms with van der Waals surface area (Å²) in [4.78, 5) is 12.5. The molecule has 1 amide bonds. The Kier molecular flexibility index (Phi) is 6.82. The highest BCUT2D eigenvalue weighted by atomic mass is 127. The van der Waals surface area contributed by atoms with Crippen molar-refractivity contribution in [1.82, 2.24) is 5.32 Å². The first-order chi connectivity index (χ1) is 8.19. The molecule has 0 aliphatic rings. The number of hydrogen-bond donors (Lipinski definition) is 2. The molecule has 0 fully saturated rings. The Morgan fingerprint density at radius 1 is 1.59 bits per heavy atom. The van der Waals surface area contributed by atoms with E-state index in [-0.39, 0.29) is 5.91 Å². The van der Waals surface area contributed by atoms with Crippen molar-refractivity contribution in [3.05, 3.63) is 29.3 Å². The highest BCUT2D eigenvalue weighted by Crippen LogP contribution is 2.22. The van der Waals surface area contributed by atoms with E-state index in [4.69, 9.17) is 5.26 Å². The quantitative estimate of drug-likeness (QED) is 0.265. The lowest BCUT2D eigenvalue weighted by molar-refractivity contribution is -0.432. The van der Waals surface area contributed by atoms with Crippen LogP contribution in [0, 0.1) is 6.92 Å². The van der Waals surface area contributed by atoms with E-state index in [1.807, 2.05) is 6.92 Å². The van der Waals surface area contributed by atoms with Gasteiger partial charge in [-0.05, 0) is 30.7 Å². The molecule has 5 nitrogen and oxygen atoms in total.